The van der Waals surface area contributed by atoms with Gasteiger partial charge in [0.05, 0.1) is 12.3 Å². The number of sulfone groups is 1. The van der Waals surface area contributed by atoms with Crippen molar-refractivity contribution in [1.29, 1.82) is 0 Å². The van der Waals surface area contributed by atoms with Gasteiger partial charge in [-0.05, 0) is 5.56 Å². The smallest absolute Gasteiger partial charge is 0.159 e. The minimum Gasteiger partial charge on any atom is -0.386 e. The summed E-state index contributed by atoms with van der Waals surface area (Å²) in [5.41, 5.74) is 1.24. The van der Waals surface area contributed by atoms with Crippen LogP contribution < -0.4 is 5.32 Å². The van der Waals surface area contributed by atoms with Gasteiger partial charge in [-0.25, -0.2) is 8.42 Å². The summed E-state index contributed by atoms with van der Waals surface area (Å²) in [6, 6.07) is 9.86. The van der Waals surface area contributed by atoms with Gasteiger partial charge in [0, 0.05) is 6.42 Å². The van der Waals surface area contributed by atoms with E-state index in [1.807, 2.05) is 23.5 Å². The molecule has 4 nitrogen and oxygen atoms in total. The second kappa shape index (κ2) is 5.16. The Bertz CT molecular complexity index is 458. The largest absolute Gasteiger partial charge is 0.386 e. The maximum atomic E-state index is 11.3. The summed E-state index contributed by atoms with van der Waals surface area (Å²) >= 11 is 0. The Kier molecular flexibility index (Phi) is 3.81. The lowest BCUT2D eigenvalue weighted by atomic mass is 10.1. The Morgan fingerprint density at radius 3 is 2.53 bits per heavy atom. The van der Waals surface area contributed by atoms with E-state index in [2.05, 4.69) is 12.1 Å². The van der Waals surface area contributed by atoms with E-state index < -0.39 is 15.9 Å². The average Bonchev–Trinajstić information content (AvgIpc) is 2.53. The lowest BCUT2D eigenvalue weighted by Crippen LogP contribution is -2.93. The molecule has 0 saturated carbocycles. The van der Waals surface area contributed by atoms with Crippen LogP contribution in [0, 0.1) is 0 Å². The third-order valence-electron chi connectivity index (χ3n) is 3.11. The van der Waals surface area contributed by atoms with E-state index >= 15 is 0 Å². The van der Waals surface area contributed by atoms with Gasteiger partial charge in [0.1, 0.15) is 17.9 Å². The van der Waals surface area contributed by atoms with E-state index in [1.54, 1.807) is 0 Å². The number of hydrogen-bond acceptors (Lipinski definition) is 3. The molecule has 0 spiro atoms. The van der Waals surface area contributed by atoms with Crippen LogP contribution in [0.25, 0.3) is 0 Å². The zero-order valence-corrected chi connectivity index (χ0v) is 10.4. The van der Waals surface area contributed by atoms with Crippen molar-refractivity contribution >= 4 is 9.84 Å². The van der Waals surface area contributed by atoms with Crippen LogP contribution in [0.5, 0.6) is 0 Å². The van der Waals surface area contributed by atoms with Crippen molar-refractivity contribution in [2.45, 2.75) is 18.6 Å². The van der Waals surface area contributed by atoms with Gasteiger partial charge >= 0.3 is 0 Å². The van der Waals surface area contributed by atoms with E-state index in [0.29, 0.717) is 0 Å². The van der Waals surface area contributed by atoms with Crippen LogP contribution in [0.1, 0.15) is 5.56 Å². The van der Waals surface area contributed by atoms with Crippen molar-refractivity contribution in [3.05, 3.63) is 35.9 Å². The lowest BCUT2D eigenvalue weighted by molar-refractivity contribution is -0.690. The van der Waals surface area contributed by atoms with Crippen LogP contribution in [-0.2, 0) is 16.3 Å². The maximum Gasteiger partial charge on any atom is 0.159 e. The molecule has 5 heteroatoms. The molecule has 2 atom stereocenters. The topological polar surface area (TPSA) is 71.0 Å². The maximum absolute atomic E-state index is 11.3. The van der Waals surface area contributed by atoms with Gasteiger partial charge in [-0.3, -0.25) is 0 Å². The van der Waals surface area contributed by atoms with E-state index in [0.717, 1.165) is 13.0 Å². The summed E-state index contributed by atoms with van der Waals surface area (Å²) in [5.74, 6) is 0.0163. The number of quaternary nitrogens is 1. The predicted octanol–water partition coefficient (Wildman–Crippen LogP) is -1.05. The fraction of sp³-hybridized carbons (Fsp3) is 0.500. The molecule has 1 fully saturated rings. The van der Waals surface area contributed by atoms with Crippen molar-refractivity contribution in [3.8, 4) is 0 Å². The predicted molar refractivity (Wildman–Crippen MR) is 65.4 cm³/mol. The van der Waals surface area contributed by atoms with Crippen LogP contribution in [0.2, 0.25) is 0 Å². The zero-order chi connectivity index (χ0) is 12.3. The van der Waals surface area contributed by atoms with Crippen molar-refractivity contribution < 1.29 is 18.8 Å². The van der Waals surface area contributed by atoms with Crippen molar-refractivity contribution in [2.75, 3.05) is 18.1 Å². The molecule has 0 amide bonds. The van der Waals surface area contributed by atoms with Gasteiger partial charge in [-0.15, -0.1) is 0 Å². The minimum absolute atomic E-state index is 0.0838. The lowest BCUT2D eigenvalue weighted by Gasteiger charge is -2.11. The van der Waals surface area contributed by atoms with Crippen LogP contribution in [-0.4, -0.2) is 43.7 Å². The van der Waals surface area contributed by atoms with Gasteiger partial charge in [0.15, 0.2) is 9.84 Å². The molecule has 1 aliphatic heterocycles. The third kappa shape index (κ3) is 3.52. The van der Waals surface area contributed by atoms with E-state index in [4.69, 9.17) is 0 Å². The number of aliphatic hydroxyl groups excluding tert-OH is 1. The number of nitrogens with two attached hydrogens (primary N) is 1. The van der Waals surface area contributed by atoms with E-state index in [9.17, 15) is 13.5 Å². The molecule has 0 unspecified atom stereocenters. The molecule has 0 radical (unpaired) electrons. The monoisotopic (exact) mass is 256 g/mol. The molecule has 1 heterocycles. The first-order chi connectivity index (χ1) is 8.07. The number of aliphatic hydroxyl groups is 1. The molecule has 1 aromatic carbocycles. The molecular formula is C12H18NO3S+. The fourth-order valence-corrected chi connectivity index (χ4v) is 4.04. The van der Waals surface area contributed by atoms with Crippen molar-refractivity contribution in [1.82, 2.24) is 0 Å². The highest BCUT2D eigenvalue weighted by atomic mass is 32.2. The Labute approximate surface area is 102 Å². The Balaban J connectivity index is 1.80. The van der Waals surface area contributed by atoms with E-state index in [1.165, 1.54) is 5.56 Å². The number of rotatable bonds is 4. The normalized spacial score (nSPS) is 27.1. The van der Waals surface area contributed by atoms with Crippen LogP contribution in [0.3, 0.4) is 0 Å². The molecule has 94 valence electrons. The molecular weight excluding hydrogens is 238 g/mol. The van der Waals surface area contributed by atoms with Gasteiger partial charge < -0.3 is 10.4 Å². The molecule has 3 N–H and O–H groups in total. The summed E-state index contributed by atoms with van der Waals surface area (Å²) in [6.07, 6.45) is 0.181. The molecule has 1 aliphatic rings. The summed E-state index contributed by atoms with van der Waals surface area (Å²) in [4.78, 5) is 0. The Hall–Kier alpha value is -0.910. The van der Waals surface area contributed by atoms with Gasteiger partial charge in [0.2, 0.25) is 0 Å². The second-order valence-corrected chi connectivity index (χ2v) is 6.72. The first kappa shape index (κ1) is 12.5. The van der Waals surface area contributed by atoms with E-state index in [-0.39, 0.29) is 17.5 Å². The zero-order valence-electron chi connectivity index (χ0n) is 9.62. The minimum atomic E-state index is -3.02. The van der Waals surface area contributed by atoms with Gasteiger partial charge in [-0.2, -0.15) is 0 Å². The quantitative estimate of drug-likeness (QED) is 0.722. The molecule has 0 aliphatic carbocycles. The third-order valence-corrected chi connectivity index (χ3v) is 4.85. The van der Waals surface area contributed by atoms with Crippen molar-refractivity contribution in [3.63, 3.8) is 0 Å². The molecule has 1 saturated heterocycles. The summed E-state index contributed by atoms with van der Waals surface area (Å²) in [5, 5.41) is 11.6. The number of benzene rings is 1. The first-order valence-electron chi connectivity index (χ1n) is 5.82. The van der Waals surface area contributed by atoms with Gasteiger partial charge in [-0.1, -0.05) is 30.3 Å². The summed E-state index contributed by atoms with van der Waals surface area (Å²) < 4.78 is 22.6. The fourth-order valence-electron chi connectivity index (χ4n) is 2.19. The van der Waals surface area contributed by atoms with Crippen LogP contribution >= 0.6 is 0 Å². The van der Waals surface area contributed by atoms with Crippen LogP contribution in [0.15, 0.2) is 30.3 Å². The standard InChI is InChI=1S/C12H17NO3S/c14-12-9-17(15,16)8-11(12)13-7-6-10-4-2-1-3-5-10/h1-5,11-14H,6-9H2/p+1/t11-,12+/m1/s1. The van der Waals surface area contributed by atoms with Crippen molar-refractivity contribution in [2.24, 2.45) is 0 Å². The van der Waals surface area contributed by atoms with Gasteiger partial charge in [0.25, 0.3) is 0 Å². The average molecular weight is 256 g/mol. The highest BCUT2D eigenvalue weighted by Gasteiger charge is 2.38. The highest BCUT2D eigenvalue weighted by molar-refractivity contribution is 7.91. The number of hydrogen-bond donors (Lipinski definition) is 2. The SMILES string of the molecule is O=S1(=O)C[C@H](O)[C@H]([NH2+]CCc2ccccc2)C1. The molecule has 0 bridgehead atoms. The summed E-state index contributed by atoms with van der Waals surface area (Å²) in [6.45, 7) is 0.807. The Morgan fingerprint density at radius 2 is 1.94 bits per heavy atom. The molecule has 17 heavy (non-hydrogen) atoms. The second-order valence-electron chi connectivity index (χ2n) is 4.57. The van der Waals surface area contributed by atoms with Crippen LogP contribution in [0.4, 0.5) is 0 Å². The molecule has 0 aromatic heterocycles. The highest BCUT2D eigenvalue weighted by Crippen LogP contribution is 2.09. The first-order valence-corrected chi connectivity index (χ1v) is 7.65. The molecule has 2 rings (SSSR count). The molecule has 1 aromatic rings. The Morgan fingerprint density at radius 1 is 1.24 bits per heavy atom. The summed E-state index contributed by atoms with van der Waals surface area (Å²) in [7, 11) is -3.02.